The van der Waals surface area contributed by atoms with Crippen molar-refractivity contribution in [3.63, 3.8) is 0 Å². The Kier molecular flexibility index (Phi) is 5.44. The summed E-state index contributed by atoms with van der Waals surface area (Å²) in [5, 5.41) is 3.71. The Labute approximate surface area is 130 Å². The lowest BCUT2D eigenvalue weighted by Crippen LogP contribution is -2.25. The van der Waals surface area contributed by atoms with Crippen molar-refractivity contribution in [1.82, 2.24) is 14.9 Å². The van der Waals surface area contributed by atoms with Crippen LogP contribution in [0.15, 0.2) is 35.7 Å². The largest absolute Gasteiger partial charge is 0.355 e. The maximum absolute atomic E-state index is 11.7. The molecule has 1 N–H and O–H groups in total. The topological polar surface area (TPSA) is 46.9 Å². The standard InChI is InChI=1S/C16H21N3OS/c1-4-5-17-15(20)11-21-16-18-6-7-19(16)14-9-12(2)8-13(3)10-14/h6-10H,4-5,11H2,1-3H3,(H,17,20). The fraction of sp³-hybridized carbons (Fsp3) is 0.375. The second-order valence-corrected chi connectivity index (χ2v) is 6.01. The first-order valence-electron chi connectivity index (χ1n) is 7.11. The number of imidazole rings is 1. The number of amides is 1. The van der Waals surface area contributed by atoms with Crippen LogP contribution >= 0.6 is 11.8 Å². The van der Waals surface area contributed by atoms with Crippen LogP contribution in [0.5, 0.6) is 0 Å². The van der Waals surface area contributed by atoms with Crippen LogP contribution < -0.4 is 5.32 Å². The Hall–Kier alpha value is -1.75. The van der Waals surface area contributed by atoms with Crippen LogP contribution in [0.2, 0.25) is 0 Å². The predicted molar refractivity (Wildman–Crippen MR) is 87.1 cm³/mol. The number of carbonyl (C=O) groups is 1. The van der Waals surface area contributed by atoms with Crippen molar-refractivity contribution in [1.29, 1.82) is 0 Å². The molecule has 0 unspecified atom stereocenters. The Morgan fingerprint density at radius 2 is 2.00 bits per heavy atom. The number of hydrogen-bond acceptors (Lipinski definition) is 3. The van der Waals surface area contributed by atoms with Gasteiger partial charge in [-0.3, -0.25) is 9.36 Å². The van der Waals surface area contributed by atoms with Gasteiger partial charge in [0.15, 0.2) is 5.16 Å². The molecule has 0 radical (unpaired) electrons. The summed E-state index contributed by atoms with van der Waals surface area (Å²) in [7, 11) is 0. The SMILES string of the molecule is CCCNC(=O)CSc1nccn1-c1cc(C)cc(C)c1. The molecule has 1 aromatic heterocycles. The van der Waals surface area contributed by atoms with E-state index in [2.05, 4.69) is 42.3 Å². The van der Waals surface area contributed by atoms with Crippen molar-refractivity contribution in [2.24, 2.45) is 0 Å². The molecule has 0 aliphatic carbocycles. The summed E-state index contributed by atoms with van der Waals surface area (Å²) in [5.74, 6) is 0.443. The van der Waals surface area contributed by atoms with E-state index in [9.17, 15) is 4.79 Å². The molecule has 112 valence electrons. The van der Waals surface area contributed by atoms with Gasteiger partial charge in [0, 0.05) is 24.6 Å². The molecule has 1 aromatic carbocycles. The van der Waals surface area contributed by atoms with Crippen molar-refractivity contribution in [2.75, 3.05) is 12.3 Å². The highest BCUT2D eigenvalue weighted by atomic mass is 32.2. The highest BCUT2D eigenvalue weighted by Gasteiger charge is 2.09. The summed E-state index contributed by atoms with van der Waals surface area (Å²) in [5.41, 5.74) is 3.52. The number of benzene rings is 1. The van der Waals surface area contributed by atoms with Gasteiger partial charge in [0.1, 0.15) is 0 Å². The fourth-order valence-corrected chi connectivity index (χ4v) is 2.93. The zero-order valence-electron chi connectivity index (χ0n) is 12.7. The Morgan fingerprint density at radius 1 is 1.29 bits per heavy atom. The molecule has 0 saturated carbocycles. The van der Waals surface area contributed by atoms with Gasteiger partial charge in [-0.05, 0) is 43.5 Å². The summed E-state index contributed by atoms with van der Waals surface area (Å²) in [6.45, 7) is 6.93. The van der Waals surface area contributed by atoms with E-state index in [-0.39, 0.29) is 5.91 Å². The molecule has 21 heavy (non-hydrogen) atoms. The zero-order valence-corrected chi connectivity index (χ0v) is 13.5. The van der Waals surface area contributed by atoms with E-state index in [1.807, 2.05) is 17.7 Å². The first kappa shape index (κ1) is 15.6. The van der Waals surface area contributed by atoms with Gasteiger partial charge < -0.3 is 5.32 Å². The molecule has 1 heterocycles. The van der Waals surface area contributed by atoms with Gasteiger partial charge in [-0.2, -0.15) is 0 Å². The summed E-state index contributed by atoms with van der Waals surface area (Å²) in [4.78, 5) is 16.0. The lowest BCUT2D eigenvalue weighted by molar-refractivity contribution is -0.118. The van der Waals surface area contributed by atoms with Crippen LogP contribution in [0.1, 0.15) is 24.5 Å². The third kappa shape index (κ3) is 4.36. The fourth-order valence-electron chi connectivity index (χ4n) is 2.13. The molecule has 0 spiro atoms. The van der Waals surface area contributed by atoms with E-state index >= 15 is 0 Å². The predicted octanol–water partition coefficient (Wildman–Crippen LogP) is 3.11. The molecule has 1 amide bonds. The monoisotopic (exact) mass is 303 g/mol. The van der Waals surface area contributed by atoms with Gasteiger partial charge in [-0.25, -0.2) is 4.98 Å². The van der Waals surface area contributed by atoms with Crippen LogP contribution in [0.4, 0.5) is 0 Å². The van der Waals surface area contributed by atoms with Crippen molar-refractivity contribution >= 4 is 17.7 Å². The molecule has 0 aliphatic rings. The van der Waals surface area contributed by atoms with Gasteiger partial charge in [0.2, 0.25) is 5.91 Å². The van der Waals surface area contributed by atoms with Crippen molar-refractivity contribution < 1.29 is 4.79 Å². The van der Waals surface area contributed by atoms with E-state index in [0.29, 0.717) is 5.75 Å². The number of thioether (sulfide) groups is 1. The maximum Gasteiger partial charge on any atom is 0.230 e. The van der Waals surface area contributed by atoms with E-state index in [1.54, 1.807) is 6.20 Å². The Balaban J connectivity index is 2.10. The van der Waals surface area contributed by atoms with Crippen LogP contribution in [0, 0.1) is 13.8 Å². The molecule has 2 rings (SSSR count). The zero-order chi connectivity index (χ0) is 15.2. The second kappa shape index (κ2) is 7.31. The number of nitrogens with zero attached hydrogens (tertiary/aromatic N) is 2. The normalized spacial score (nSPS) is 10.6. The number of aryl methyl sites for hydroxylation is 2. The van der Waals surface area contributed by atoms with Gasteiger partial charge >= 0.3 is 0 Å². The quantitative estimate of drug-likeness (QED) is 0.834. The van der Waals surface area contributed by atoms with Gasteiger partial charge in [-0.1, -0.05) is 24.8 Å². The van der Waals surface area contributed by atoms with Crippen molar-refractivity contribution in [3.05, 3.63) is 41.7 Å². The van der Waals surface area contributed by atoms with Gasteiger partial charge in [0.25, 0.3) is 0 Å². The Bertz CT molecular complexity index is 601. The summed E-state index contributed by atoms with van der Waals surface area (Å²) < 4.78 is 2.03. The smallest absolute Gasteiger partial charge is 0.230 e. The van der Waals surface area contributed by atoms with Gasteiger partial charge in [0.05, 0.1) is 5.75 Å². The van der Waals surface area contributed by atoms with Crippen LogP contribution in [0.3, 0.4) is 0 Å². The van der Waals surface area contributed by atoms with Crippen LogP contribution in [0.25, 0.3) is 5.69 Å². The van der Waals surface area contributed by atoms with Crippen molar-refractivity contribution in [3.8, 4) is 5.69 Å². The molecule has 0 saturated heterocycles. The van der Waals surface area contributed by atoms with Crippen LogP contribution in [-0.2, 0) is 4.79 Å². The summed E-state index contributed by atoms with van der Waals surface area (Å²) >= 11 is 1.46. The van der Waals surface area contributed by atoms with Crippen molar-refractivity contribution in [2.45, 2.75) is 32.3 Å². The molecule has 4 nitrogen and oxygen atoms in total. The number of rotatable bonds is 6. The minimum Gasteiger partial charge on any atom is -0.355 e. The molecule has 2 aromatic rings. The average molecular weight is 303 g/mol. The Morgan fingerprint density at radius 3 is 2.67 bits per heavy atom. The third-order valence-electron chi connectivity index (χ3n) is 3.00. The minimum atomic E-state index is 0.0526. The summed E-state index contributed by atoms with van der Waals surface area (Å²) in [6, 6.07) is 6.39. The number of aromatic nitrogens is 2. The van der Waals surface area contributed by atoms with Crippen LogP contribution in [-0.4, -0.2) is 27.8 Å². The number of hydrogen-bond donors (Lipinski definition) is 1. The number of nitrogens with one attached hydrogen (secondary N) is 1. The second-order valence-electron chi connectivity index (χ2n) is 5.06. The molecular formula is C16H21N3OS. The average Bonchev–Trinajstić information content (AvgIpc) is 2.90. The first-order valence-corrected chi connectivity index (χ1v) is 8.10. The molecule has 0 fully saturated rings. The van der Waals surface area contributed by atoms with E-state index in [4.69, 9.17) is 0 Å². The molecular weight excluding hydrogens is 282 g/mol. The minimum absolute atomic E-state index is 0.0526. The first-order chi connectivity index (χ1) is 10.1. The molecule has 5 heteroatoms. The highest BCUT2D eigenvalue weighted by molar-refractivity contribution is 7.99. The highest BCUT2D eigenvalue weighted by Crippen LogP contribution is 2.21. The molecule has 0 aliphatic heterocycles. The maximum atomic E-state index is 11.7. The molecule has 0 bridgehead atoms. The third-order valence-corrected chi connectivity index (χ3v) is 3.96. The van der Waals surface area contributed by atoms with E-state index in [1.165, 1.54) is 22.9 Å². The van der Waals surface area contributed by atoms with E-state index in [0.717, 1.165) is 23.8 Å². The van der Waals surface area contributed by atoms with E-state index < -0.39 is 0 Å². The lowest BCUT2D eigenvalue weighted by Gasteiger charge is -2.09. The molecule has 0 atom stereocenters. The number of carbonyl (C=O) groups excluding carboxylic acids is 1. The summed E-state index contributed by atoms with van der Waals surface area (Å²) in [6.07, 6.45) is 4.65. The van der Waals surface area contributed by atoms with Gasteiger partial charge in [-0.15, -0.1) is 0 Å². The lowest BCUT2D eigenvalue weighted by atomic mass is 10.1.